The van der Waals surface area contributed by atoms with Crippen LogP contribution in [0.2, 0.25) is 0 Å². The van der Waals surface area contributed by atoms with Gasteiger partial charge in [0, 0.05) is 43.0 Å². The van der Waals surface area contributed by atoms with Crippen LogP contribution in [-0.2, 0) is 6.18 Å². The molecule has 0 spiro atoms. The molecule has 1 saturated heterocycles. The van der Waals surface area contributed by atoms with Gasteiger partial charge in [-0.3, -0.25) is 0 Å². The number of anilines is 2. The van der Waals surface area contributed by atoms with E-state index < -0.39 is 11.9 Å². The number of aromatic nitrogens is 2. The molecule has 0 saturated carbocycles. The van der Waals surface area contributed by atoms with Gasteiger partial charge in [-0.2, -0.15) is 13.2 Å². The van der Waals surface area contributed by atoms with Crippen molar-refractivity contribution in [2.45, 2.75) is 19.0 Å². The zero-order chi connectivity index (χ0) is 23.4. The minimum absolute atomic E-state index is 0.156. The molecule has 10 heteroatoms. The number of hydrogen-bond donors (Lipinski definition) is 2. The van der Waals surface area contributed by atoms with Gasteiger partial charge in [-0.25, -0.2) is 14.8 Å². The summed E-state index contributed by atoms with van der Waals surface area (Å²) in [5.41, 5.74) is -0.00874. The highest BCUT2D eigenvalue weighted by molar-refractivity contribution is 5.90. The number of carbonyl (C=O) groups excluding carboxylic acids is 1. The molecule has 0 atom stereocenters. The zero-order valence-corrected chi connectivity index (χ0v) is 18.0. The van der Waals surface area contributed by atoms with E-state index in [0.29, 0.717) is 48.2 Å². The van der Waals surface area contributed by atoms with Gasteiger partial charge < -0.3 is 20.3 Å². The van der Waals surface area contributed by atoms with Crippen LogP contribution in [0.3, 0.4) is 0 Å². The van der Waals surface area contributed by atoms with Crippen LogP contribution in [0.1, 0.15) is 18.5 Å². The Morgan fingerprint density at radius 1 is 1.18 bits per heavy atom. The quantitative estimate of drug-likeness (QED) is 0.561. The predicted octanol–water partition coefficient (Wildman–Crippen LogP) is 5.01. The number of pyridine rings is 2. The van der Waals surface area contributed by atoms with Crippen molar-refractivity contribution in [3.8, 4) is 5.75 Å². The Labute approximate surface area is 189 Å². The average Bonchev–Trinajstić information content (AvgIpc) is 2.82. The molecular weight excluding hydrogens is 435 g/mol. The van der Waals surface area contributed by atoms with E-state index in [9.17, 15) is 18.0 Å². The van der Waals surface area contributed by atoms with Gasteiger partial charge in [0.1, 0.15) is 17.3 Å². The number of urea groups is 1. The number of alkyl halides is 3. The summed E-state index contributed by atoms with van der Waals surface area (Å²) in [5.74, 6) is 1.49. The molecule has 0 aliphatic carbocycles. The fourth-order valence-corrected chi connectivity index (χ4v) is 3.84. The van der Waals surface area contributed by atoms with Crippen LogP contribution in [0.4, 0.5) is 29.5 Å². The summed E-state index contributed by atoms with van der Waals surface area (Å²) < 4.78 is 43.9. The number of fused-ring (bicyclic) bond motifs is 1. The monoisotopic (exact) mass is 459 g/mol. The molecule has 2 aromatic heterocycles. The first-order valence-electron chi connectivity index (χ1n) is 10.6. The SMILES string of the molecule is COc1cccc(NC(=O)N2CCC(CNc3nccc4nc(C(F)(F)F)ccc34)CC2)c1. The van der Waals surface area contributed by atoms with Crippen molar-refractivity contribution in [1.29, 1.82) is 0 Å². The molecule has 2 amide bonds. The van der Waals surface area contributed by atoms with Gasteiger partial charge in [-0.15, -0.1) is 0 Å². The third kappa shape index (κ3) is 5.44. The third-order valence-corrected chi connectivity index (χ3v) is 5.69. The first-order chi connectivity index (χ1) is 15.8. The molecule has 0 unspecified atom stereocenters. The first kappa shape index (κ1) is 22.6. The van der Waals surface area contributed by atoms with E-state index >= 15 is 0 Å². The predicted molar refractivity (Wildman–Crippen MR) is 119 cm³/mol. The number of ether oxygens (including phenoxy) is 1. The molecule has 33 heavy (non-hydrogen) atoms. The Morgan fingerprint density at radius 2 is 1.97 bits per heavy atom. The van der Waals surface area contributed by atoms with Crippen LogP contribution in [0, 0.1) is 5.92 Å². The van der Waals surface area contributed by atoms with Crippen molar-refractivity contribution < 1.29 is 22.7 Å². The van der Waals surface area contributed by atoms with E-state index in [-0.39, 0.29) is 11.5 Å². The number of benzene rings is 1. The average molecular weight is 459 g/mol. The van der Waals surface area contributed by atoms with Gasteiger partial charge in [-0.1, -0.05) is 6.07 Å². The molecule has 174 valence electrons. The Morgan fingerprint density at radius 3 is 2.70 bits per heavy atom. The number of halogens is 3. The number of hydrogen-bond acceptors (Lipinski definition) is 5. The molecule has 0 bridgehead atoms. The number of rotatable bonds is 5. The van der Waals surface area contributed by atoms with Gasteiger partial charge in [0.25, 0.3) is 0 Å². The van der Waals surface area contributed by atoms with Crippen LogP contribution in [-0.4, -0.2) is 47.6 Å². The van der Waals surface area contributed by atoms with Crippen LogP contribution in [0.15, 0.2) is 48.7 Å². The highest BCUT2D eigenvalue weighted by atomic mass is 19.4. The summed E-state index contributed by atoms with van der Waals surface area (Å²) in [6.45, 7) is 1.84. The molecule has 7 nitrogen and oxygen atoms in total. The highest BCUT2D eigenvalue weighted by Crippen LogP contribution is 2.30. The number of nitrogens with zero attached hydrogens (tertiary/aromatic N) is 3. The van der Waals surface area contributed by atoms with Crippen molar-refractivity contribution in [3.63, 3.8) is 0 Å². The number of amides is 2. The van der Waals surface area contributed by atoms with Gasteiger partial charge in [0.05, 0.1) is 12.6 Å². The molecule has 1 aliphatic rings. The highest BCUT2D eigenvalue weighted by Gasteiger charge is 2.32. The maximum Gasteiger partial charge on any atom is 0.433 e. The van der Waals surface area contributed by atoms with Gasteiger partial charge in [0.2, 0.25) is 0 Å². The molecule has 3 heterocycles. The molecular formula is C23H24F3N5O2. The third-order valence-electron chi connectivity index (χ3n) is 5.69. The van der Waals surface area contributed by atoms with Crippen LogP contribution < -0.4 is 15.4 Å². The lowest BCUT2D eigenvalue weighted by molar-refractivity contribution is -0.140. The lowest BCUT2D eigenvalue weighted by Gasteiger charge is -2.32. The van der Waals surface area contributed by atoms with Gasteiger partial charge in [-0.05, 0) is 49.1 Å². The maximum atomic E-state index is 12.9. The fourth-order valence-electron chi connectivity index (χ4n) is 3.84. The van der Waals surface area contributed by atoms with Crippen LogP contribution >= 0.6 is 0 Å². The molecule has 4 rings (SSSR count). The van der Waals surface area contributed by atoms with Crippen molar-refractivity contribution in [2.75, 3.05) is 37.4 Å². The smallest absolute Gasteiger partial charge is 0.433 e. The molecule has 3 aromatic rings. The lowest BCUT2D eigenvalue weighted by atomic mass is 9.97. The first-order valence-corrected chi connectivity index (χ1v) is 10.6. The number of methoxy groups -OCH3 is 1. The number of nitrogens with one attached hydrogen (secondary N) is 2. The topological polar surface area (TPSA) is 79.4 Å². The minimum Gasteiger partial charge on any atom is -0.497 e. The summed E-state index contributed by atoms with van der Waals surface area (Å²) in [6, 6.07) is 10.9. The summed E-state index contributed by atoms with van der Waals surface area (Å²) in [6.07, 6.45) is -1.43. The maximum absolute atomic E-state index is 12.9. The number of piperidine rings is 1. The summed E-state index contributed by atoms with van der Waals surface area (Å²) >= 11 is 0. The van der Waals surface area contributed by atoms with E-state index in [1.807, 2.05) is 12.1 Å². The van der Waals surface area contributed by atoms with E-state index in [2.05, 4.69) is 20.6 Å². The van der Waals surface area contributed by atoms with E-state index in [4.69, 9.17) is 4.74 Å². The van der Waals surface area contributed by atoms with Crippen molar-refractivity contribution >= 4 is 28.4 Å². The van der Waals surface area contributed by atoms with Crippen LogP contribution in [0.5, 0.6) is 5.75 Å². The largest absolute Gasteiger partial charge is 0.497 e. The molecule has 1 aromatic carbocycles. The molecule has 0 radical (unpaired) electrons. The fraction of sp³-hybridized carbons (Fsp3) is 0.348. The Hall–Kier alpha value is -3.56. The normalized spacial score (nSPS) is 14.8. The van der Waals surface area contributed by atoms with Gasteiger partial charge in [0.15, 0.2) is 0 Å². The van der Waals surface area contributed by atoms with E-state index in [1.165, 1.54) is 18.3 Å². The van der Waals surface area contributed by atoms with E-state index in [0.717, 1.165) is 18.9 Å². The molecule has 1 aliphatic heterocycles. The summed E-state index contributed by atoms with van der Waals surface area (Å²) in [5, 5.41) is 6.68. The lowest BCUT2D eigenvalue weighted by Crippen LogP contribution is -2.42. The number of carbonyl (C=O) groups is 1. The second-order valence-corrected chi connectivity index (χ2v) is 7.89. The summed E-state index contributed by atoms with van der Waals surface area (Å²) in [7, 11) is 1.57. The second kappa shape index (κ2) is 9.51. The Bertz CT molecular complexity index is 1130. The second-order valence-electron chi connectivity index (χ2n) is 7.89. The van der Waals surface area contributed by atoms with Crippen molar-refractivity contribution in [2.24, 2.45) is 5.92 Å². The standard InChI is InChI=1S/C23H24F3N5O2/c1-33-17-4-2-3-16(13-17)29-22(32)31-11-8-15(9-12-31)14-28-21-18-5-6-20(23(24,25)26)30-19(18)7-10-27-21/h2-7,10,13,15H,8-9,11-12,14H2,1H3,(H,27,28)(H,29,32). The van der Waals surface area contributed by atoms with Crippen molar-refractivity contribution in [1.82, 2.24) is 14.9 Å². The minimum atomic E-state index is -4.49. The number of likely N-dealkylation sites (tertiary alicyclic amines) is 1. The van der Waals surface area contributed by atoms with Crippen LogP contribution in [0.25, 0.3) is 10.9 Å². The summed E-state index contributed by atoms with van der Waals surface area (Å²) in [4.78, 5) is 22.3. The van der Waals surface area contributed by atoms with Crippen molar-refractivity contribution in [3.05, 3.63) is 54.4 Å². The Balaban J connectivity index is 1.31. The Kier molecular flexibility index (Phi) is 6.52. The molecule has 2 N–H and O–H groups in total. The van der Waals surface area contributed by atoms with Gasteiger partial charge >= 0.3 is 12.2 Å². The zero-order valence-electron chi connectivity index (χ0n) is 18.0. The molecule has 1 fully saturated rings. The van der Waals surface area contributed by atoms with E-state index in [1.54, 1.807) is 24.1 Å².